The van der Waals surface area contributed by atoms with Crippen molar-refractivity contribution in [1.82, 2.24) is 29.9 Å². The SMILES string of the molecule is CNc1nc(Nc2cn([C@H]3C[C@H](c4nncs4)C3)nc2C)ncc1C(F)(F)F. The number of hydrogen-bond acceptors (Lipinski definition) is 8. The Morgan fingerprint density at radius 2 is 2.07 bits per heavy atom. The van der Waals surface area contributed by atoms with Gasteiger partial charge in [-0.2, -0.15) is 23.3 Å². The summed E-state index contributed by atoms with van der Waals surface area (Å²) in [5.74, 6) is 0.184. The summed E-state index contributed by atoms with van der Waals surface area (Å²) in [6.45, 7) is 1.82. The Hall–Kier alpha value is -2.76. The van der Waals surface area contributed by atoms with Crippen molar-refractivity contribution in [3.63, 3.8) is 0 Å². The summed E-state index contributed by atoms with van der Waals surface area (Å²) >= 11 is 1.55. The lowest BCUT2D eigenvalue weighted by Crippen LogP contribution is -2.25. The minimum atomic E-state index is -4.52. The summed E-state index contributed by atoms with van der Waals surface area (Å²) < 4.78 is 40.8. The molecule has 1 fully saturated rings. The fourth-order valence-corrected chi connectivity index (χ4v) is 3.80. The van der Waals surface area contributed by atoms with Crippen molar-refractivity contribution in [2.75, 3.05) is 17.7 Å². The van der Waals surface area contributed by atoms with E-state index in [2.05, 4.69) is 35.9 Å². The van der Waals surface area contributed by atoms with Gasteiger partial charge >= 0.3 is 6.18 Å². The number of nitrogens with zero attached hydrogens (tertiary/aromatic N) is 6. The third-order valence-electron chi connectivity index (χ3n) is 4.71. The van der Waals surface area contributed by atoms with E-state index in [0.29, 0.717) is 17.3 Å². The standard InChI is InChI=1S/C16H17F3N8S/c1-8-12(23-15-21-5-11(16(17,18)19)13(20-2)24-15)6-27(26-8)10-3-9(4-10)14-25-22-7-28-14/h5-7,9-10H,3-4H2,1-2H3,(H2,20,21,23,24)/t9-,10-. The molecule has 0 radical (unpaired) electrons. The second kappa shape index (κ2) is 7.00. The number of alkyl halides is 3. The molecule has 3 aromatic heterocycles. The highest BCUT2D eigenvalue weighted by Crippen LogP contribution is 2.45. The van der Waals surface area contributed by atoms with Crippen molar-refractivity contribution in [3.05, 3.63) is 34.2 Å². The molecule has 0 amide bonds. The lowest BCUT2D eigenvalue weighted by atomic mass is 9.81. The molecule has 1 saturated carbocycles. The lowest BCUT2D eigenvalue weighted by Gasteiger charge is -2.33. The summed E-state index contributed by atoms with van der Waals surface area (Å²) in [7, 11) is 1.38. The molecule has 0 unspecified atom stereocenters. The van der Waals surface area contributed by atoms with E-state index in [1.165, 1.54) is 7.05 Å². The van der Waals surface area contributed by atoms with Crippen LogP contribution >= 0.6 is 11.3 Å². The molecular formula is C16H17F3N8S. The van der Waals surface area contributed by atoms with Gasteiger partial charge in [-0.05, 0) is 19.8 Å². The van der Waals surface area contributed by atoms with Crippen LogP contribution in [-0.2, 0) is 6.18 Å². The third kappa shape index (κ3) is 3.51. The maximum Gasteiger partial charge on any atom is 0.421 e. The molecule has 0 atom stereocenters. The number of aryl methyl sites for hydroxylation is 1. The summed E-state index contributed by atoms with van der Waals surface area (Å²) in [6.07, 6.45) is -0.0752. The maximum atomic E-state index is 13.0. The second-order valence-electron chi connectivity index (χ2n) is 6.54. The molecule has 1 aliphatic rings. The maximum absolute atomic E-state index is 13.0. The molecule has 0 bridgehead atoms. The van der Waals surface area contributed by atoms with Gasteiger partial charge in [0.05, 0.1) is 17.4 Å². The molecule has 8 nitrogen and oxygen atoms in total. The Morgan fingerprint density at radius 1 is 1.29 bits per heavy atom. The second-order valence-corrected chi connectivity index (χ2v) is 7.40. The van der Waals surface area contributed by atoms with Crippen LogP contribution in [0.3, 0.4) is 0 Å². The van der Waals surface area contributed by atoms with Crippen molar-refractivity contribution >= 4 is 28.8 Å². The molecule has 0 aromatic carbocycles. The molecular weight excluding hydrogens is 393 g/mol. The molecule has 12 heteroatoms. The number of halogens is 3. The molecule has 3 heterocycles. The van der Waals surface area contributed by atoms with Crippen molar-refractivity contribution in [2.45, 2.75) is 37.9 Å². The lowest BCUT2D eigenvalue weighted by molar-refractivity contribution is -0.137. The Kier molecular flexibility index (Phi) is 4.65. The van der Waals surface area contributed by atoms with Gasteiger partial charge in [-0.3, -0.25) is 4.68 Å². The number of hydrogen-bond donors (Lipinski definition) is 2. The number of rotatable bonds is 5. The Morgan fingerprint density at radius 3 is 2.71 bits per heavy atom. The minimum absolute atomic E-state index is 0.0698. The largest absolute Gasteiger partial charge is 0.421 e. The van der Waals surface area contributed by atoms with Crippen molar-refractivity contribution in [1.29, 1.82) is 0 Å². The van der Waals surface area contributed by atoms with Gasteiger partial charge in [0.1, 0.15) is 21.9 Å². The van der Waals surface area contributed by atoms with E-state index < -0.39 is 11.7 Å². The van der Waals surface area contributed by atoms with E-state index >= 15 is 0 Å². The predicted octanol–water partition coefficient (Wildman–Crippen LogP) is 3.76. The van der Waals surface area contributed by atoms with Gasteiger partial charge in [-0.25, -0.2) is 4.98 Å². The molecule has 148 valence electrons. The zero-order valence-electron chi connectivity index (χ0n) is 15.0. The van der Waals surface area contributed by atoms with Crippen molar-refractivity contribution in [3.8, 4) is 0 Å². The Balaban J connectivity index is 1.48. The van der Waals surface area contributed by atoms with Crippen LogP contribution < -0.4 is 10.6 Å². The summed E-state index contributed by atoms with van der Waals surface area (Å²) in [6, 6.07) is 0.254. The first-order valence-electron chi connectivity index (χ1n) is 8.56. The average molecular weight is 410 g/mol. The van der Waals surface area contributed by atoms with Gasteiger partial charge in [0.2, 0.25) is 5.95 Å². The van der Waals surface area contributed by atoms with Crippen LogP contribution in [0.15, 0.2) is 17.9 Å². The van der Waals surface area contributed by atoms with Crippen LogP contribution in [0.5, 0.6) is 0 Å². The zero-order valence-corrected chi connectivity index (χ0v) is 15.8. The van der Waals surface area contributed by atoms with E-state index in [4.69, 9.17) is 0 Å². The fraction of sp³-hybridized carbons (Fsp3) is 0.438. The van der Waals surface area contributed by atoms with Gasteiger partial charge in [-0.1, -0.05) is 0 Å². The minimum Gasteiger partial charge on any atom is -0.372 e. The first-order valence-corrected chi connectivity index (χ1v) is 9.44. The molecule has 0 aliphatic heterocycles. The Bertz CT molecular complexity index is 963. The molecule has 4 rings (SSSR count). The fourth-order valence-electron chi connectivity index (χ4n) is 3.12. The van der Waals surface area contributed by atoms with Gasteiger partial charge < -0.3 is 10.6 Å². The topological polar surface area (TPSA) is 93.4 Å². The summed E-state index contributed by atoms with van der Waals surface area (Å²) in [5, 5.41) is 18.9. The molecule has 2 N–H and O–H groups in total. The van der Waals surface area contributed by atoms with E-state index in [-0.39, 0.29) is 17.8 Å². The molecule has 0 saturated heterocycles. The Labute approximate surface area is 162 Å². The smallest absolute Gasteiger partial charge is 0.372 e. The molecule has 28 heavy (non-hydrogen) atoms. The normalized spacial score (nSPS) is 19.3. The average Bonchev–Trinajstić information content (AvgIpc) is 3.23. The van der Waals surface area contributed by atoms with Crippen LogP contribution in [0.1, 0.15) is 41.1 Å². The molecule has 1 aliphatic carbocycles. The number of aromatic nitrogens is 6. The van der Waals surface area contributed by atoms with Crippen LogP contribution in [0.2, 0.25) is 0 Å². The van der Waals surface area contributed by atoms with Crippen molar-refractivity contribution < 1.29 is 13.2 Å². The zero-order chi connectivity index (χ0) is 19.9. The highest BCUT2D eigenvalue weighted by atomic mass is 32.1. The first-order chi connectivity index (χ1) is 13.3. The quantitative estimate of drug-likeness (QED) is 0.662. The van der Waals surface area contributed by atoms with Crippen LogP contribution in [0, 0.1) is 6.92 Å². The van der Waals surface area contributed by atoms with Gasteiger partial charge in [0, 0.05) is 25.4 Å². The molecule has 0 spiro atoms. The van der Waals surface area contributed by atoms with Gasteiger partial charge in [-0.15, -0.1) is 21.5 Å². The summed E-state index contributed by atoms with van der Waals surface area (Å²) in [5.41, 5.74) is 2.19. The molecule has 3 aromatic rings. The highest BCUT2D eigenvalue weighted by Gasteiger charge is 2.36. The van der Waals surface area contributed by atoms with E-state index in [0.717, 1.165) is 24.0 Å². The van der Waals surface area contributed by atoms with Crippen LogP contribution in [0.4, 0.5) is 30.6 Å². The predicted molar refractivity (Wildman–Crippen MR) is 97.7 cm³/mol. The van der Waals surface area contributed by atoms with Gasteiger partial charge in [0.15, 0.2) is 0 Å². The third-order valence-corrected chi connectivity index (χ3v) is 5.56. The summed E-state index contributed by atoms with van der Waals surface area (Å²) in [4.78, 5) is 7.72. The van der Waals surface area contributed by atoms with Crippen LogP contribution in [0.25, 0.3) is 0 Å². The number of anilines is 3. The number of nitrogens with one attached hydrogen (secondary N) is 2. The van der Waals surface area contributed by atoms with E-state index in [1.807, 2.05) is 17.8 Å². The van der Waals surface area contributed by atoms with Crippen molar-refractivity contribution in [2.24, 2.45) is 0 Å². The van der Waals surface area contributed by atoms with Gasteiger partial charge in [0.25, 0.3) is 0 Å². The van der Waals surface area contributed by atoms with Crippen LogP contribution in [-0.4, -0.2) is 37.0 Å². The highest BCUT2D eigenvalue weighted by molar-refractivity contribution is 7.09. The van der Waals surface area contributed by atoms with E-state index in [9.17, 15) is 13.2 Å². The first kappa shape index (κ1) is 18.6. The van der Waals surface area contributed by atoms with E-state index in [1.54, 1.807) is 16.8 Å². The monoisotopic (exact) mass is 410 g/mol.